The van der Waals surface area contributed by atoms with E-state index in [1.165, 1.54) is 12.1 Å². The van der Waals surface area contributed by atoms with Gasteiger partial charge in [0.15, 0.2) is 0 Å². The summed E-state index contributed by atoms with van der Waals surface area (Å²) in [6.45, 7) is 3.09. The highest BCUT2D eigenvalue weighted by molar-refractivity contribution is 7.80. The van der Waals surface area contributed by atoms with Crippen LogP contribution < -0.4 is 0 Å². The first kappa shape index (κ1) is 6.28. The minimum atomic E-state index is 1.07. The molecule has 0 aromatic carbocycles. The fourth-order valence-electron chi connectivity index (χ4n) is 1.45. The quantitative estimate of drug-likeness (QED) is 0.560. The van der Waals surface area contributed by atoms with Crippen molar-refractivity contribution in [1.82, 2.24) is 9.78 Å². The summed E-state index contributed by atoms with van der Waals surface area (Å²) in [7, 11) is 0. The minimum absolute atomic E-state index is 1.07. The zero-order valence-electron chi connectivity index (χ0n) is 5.96. The van der Waals surface area contributed by atoms with Crippen LogP contribution in [0.3, 0.4) is 0 Å². The van der Waals surface area contributed by atoms with Crippen molar-refractivity contribution >= 4 is 12.6 Å². The molecule has 0 saturated heterocycles. The maximum Gasteiger partial charge on any atom is 0.0729 e. The summed E-state index contributed by atoms with van der Waals surface area (Å²) in [4.78, 5) is 1.09. The molecule has 1 aliphatic heterocycles. The summed E-state index contributed by atoms with van der Waals surface area (Å²) in [5, 5.41) is 4.33. The molecular weight excluding hydrogens is 144 g/mol. The normalized spacial score (nSPS) is 15.8. The average Bonchev–Trinajstić information content (AvgIpc) is 2.41. The Labute approximate surface area is 65.6 Å². The first-order chi connectivity index (χ1) is 4.79. The van der Waals surface area contributed by atoms with Gasteiger partial charge in [0.1, 0.15) is 0 Å². The van der Waals surface area contributed by atoms with Gasteiger partial charge in [0.2, 0.25) is 0 Å². The molecule has 0 saturated carbocycles. The fraction of sp³-hybridized carbons (Fsp3) is 0.571. The second kappa shape index (κ2) is 2.02. The van der Waals surface area contributed by atoms with E-state index in [2.05, 4.69) is 22.4 Å². The van der Waals surface area contributed by atoms with E-state index in [0.29, 0.717) is 0 Å². The molecule has 54 valence electrons. The minimum Gasteiger partial charge on any atom is -0.268 e. The van der Waals surface area contributed by atoms with Gasteiger partial charge in [0, 0.05) is 11.4 Å². The lowest BCUT2D eigenvalue weighted by molar-refractivity contribution is 0.650. The van der Waals surface area contributed by atoms with Crippen molar-refractivity contribution in [2.24, 2.45) is 0 Å². The predicted octanol–water partition coefficient (Wildman–Crippen LogP) is 1.43. The second-order valence-electron chi connectivity index (χ2n) is 2.71. The van der Waals surface area contributed by atoms with Crippen molar-refractivity contribution in [3.63, 3.8) is 0 Å². The van der Waals surface area contributed by atoms with Crippen LogP contribution >= 0.6 is 12.6 Å². The molecule has 2 nitrogen and oxygen atoms in total. The Hall–Kier alpha value is -0.440. The van der Waals surface area contributed by atoms with Crippen molar-refractivity contribution < 1.29 is 0 Å². The second-order valence-corrected chi connectivity index (χ2v) is 3.15. The van der Waals surface area contributed by atoms with Crippen LogP contribution in [0.5, 0.6) is 0 Å². The van der Waals surface area contributed by atoms with Gasteiger partial charge in [0.25, 0.3) is 0 Å². The number of hydrogen-bond acceptors (Lipinski definition) is 2. The maximum atomic E-state index is 4.37. The largest absolute Gasteiger partial charge is 0.268 e. The Balaban J connectivity index is 2.59. The topological polar surface area (TPSA) is 17.8 Å². The lowest BCUT2D eigenvalue weighted by Gasteiger charge is -1.89. The molecule has 2 heterocycles. The molecule has 3 heteroatoms. The van der Waals surface area contributed by atoms with Crippen LogP contribution in [0, 0.1) is 6.92 Å². The molecule has 1 aromatic heterocycles. The number of rotatable bonds is 0. The van der Waals surface area contributed by atoms with Crippen molar-refractivity contribution in [3.8, 4) is 0 Å². The van der Waals surface area contributed by atoms with Crippen LogP contribution in [-0.2, 0) is 13.0 Å². The summed E-state index contributed by atoms with van der Waals surface area (Å²) in [6.07, 6.45) is 2.38. The third-order valence-corrected chi connectivity index (χ3v) is 2.56. The third kappa shape index (κ3) is 0.700. The van der Waals surface area contributed by atoms with Crippen LogP contribution in [0.2, 0.25) is 0 Å². The van der Waals surface area contributed by atoms with E-state index in [1.54, 1.807) is 0 Å². The molecule has 0 amide bonds. The van der Waals surface area contributed by atoms with Gasteiger partial charge in [-0.05, 0) is 19.8 Å². The number of fused-ring (bicyclic) bond motifs is 1. The van der Waals surface area contributed by atoms with Gasteiger partial charge < -0.3 is 0 Å². The lowest BCUT2D eigenvalue weighted by Crippen LogP contribution is -1.93. The van der Waals surface area contributed by atoms with Crippen molar-refractivity contribution in [3.05, 3.63) is 11.4 Å². The van der Waals surface area contributed by atoms with Gasteiger partial charge in [-0.3, -0.25) is 4.68 Å². The SMILES string of the molecule is Cc1nn2c(c1S)CCC2. The van der Waals surface area contributed by atoms with E-state index in [-0.39, 0.29) is 0 Å². The molecular formula is C7H10N2S. The first-order valence-electron chi connectivity index (χ1n) is 3.54. The van der Waals surface area contributed by atoms with Crippen molar-refractivity contribution in [1.29, 1.82) is 0 Å². The molecule has 0 spiro atoms. The molecule has 1 aromatic rings. The Kier molecular flexibility index (Phi) is 1.27. The molecule has 2 rings (SSSR count). The van der Waals surface area contributed by atoms with Gasteiger partial charge in [0.05, 0.1) is 11.4 Å². The summed E-state index contributed by atoms with van der Waals surface area (Å²) in [5.74, 6) is 0. The van der Waals surface area contributed by atoms with E-state index >= 15 is 0 Å². The molecule has 10 heavy (non-hydrogen) atoms. The zero-order chi connectivity index (χ0) is 7.14. The van der Waals surface area contributed by atoms with Crippen LogP contribution in [-0.4, -0.2) is 9.78 Å². The van der Waals surface area contributed by atoms with Gasteiger partial charge in [-0.1, -0.05) is 0 Å². The monoisotopic (exact) mass is 154 g/mol. The van der Waals surface area contributed by atoms with Crippen molar-refractivity contribution in [2.45, 2.75) is 31.2 Å². The van der Waals surface area contributed by atoms with Crippen LogP contribution in [0.25, 0.3) is 0 Å². The summed E-state index contributed by atoms with van der Waals surface area (Å²) in [5.41, 5.74) is 2.39. The first-order valence-corrected chi connectivity index (χ1v) is 3.99. The fourth-order valence-corrected chi connectivity index (χ4v) is 1.72. The molecule has 1 aliphatic rings. The van der Waals surface area contributed by atoms with E-state index in [4.69, 9.17) is 0 Å². The standard InChI is InChI=1S/C7H10N2S/c1-5-7(10)6-3-2-4-9(6)8-5/h10H,2-4H2,1H3. The highest BCUT2D eigenvalue weighted by Crippen LogP contribution is 2.23. The molecule has 0 atom stereocenters. The molecule has 0 unspecified atom stereocenters. The summed E-state index contributed by atoms with van der Waals surface area (Å²) >= 11 is 4.37. The van der Waals surface area contributed by atoms with Crippen LogP contribution in [0.1, 0.15) is 17.8 Å². The number of aromatic nitrogens is 2. The Morgan fingerprint density at radius 3 is 3.10 bits per heavy atom. The Morgan fingerprint density at radius 1 is 1.60 bits per heavy atom. The van der Waals surface area contributed by atoms with E-state index < -0.39 is 0 Å². The Morgan fingerprint density at radius 2 is 2.40 bits per heavy atom. The number of nitrogens with zero attached hydrogens (tertiary/aromatic N) is 2. The van der Waals surface area contributed by atoms with E-state index in [9.17, 15) is 0 Å². The van der Waals surface area contributed by atoms with E-state index in [1.807, 2.05) is 6.92 Å². The summed E-state index contributed by atoms with van der Waals surface area (Å²) < 4.78 is 2.07. The van der Waals surface area contributed by atoms with Crippen molar-refractivity contribution in [2.75, 3.05) is 0 Å². The lowest BCUT2D eigenvalue weighted by atomic mass is 10.3. The van der Waals surface area contributed by atoms with Gasteiger partial charge >= 0.3 is 0 Å². The zero-order valence-corrected chi connectivity index (χ0v) is 6.86. The molecule has 0 aliphatic carbocycles. The molecule has 0 fully saturated rings. The number of thiol groups is 1. The smallest absolute Gasteiger partial charge is 0.0729 e. The van der Waals surface area contributed by atoms with Gasteiger partial charge in [-0.25, -0.2) is 0 Å². The number of hydrogen-bond donors (Lipinski definition) is 1. The maximum absolute atomic E-state index is 4.37. The van der Waals surface area contributed by atoms with E-state index in [0.717, 1.165) is 23.6 Å². The Bertz CT molecular complexity index is 265. The van der Waals surface area contributed by atoms with Gasteiger partial charge in [-0.15, -0.1) is 12.6 Å². The molecule has 0 radical (unpaired) electrons. The van der Waals surface area contributed by atoms with Crippen LogP contribution in [0.15, 0.2) is 4.90 Å². The van der Waals surface area contributed by atoms with Gasteiger partial charge in [-0.2, -0.15) is 5.10 Å². The molecule has 0 bridgehead atoms. The average molecular weight is 154 g/mol. The third-order valence-electron chi connectivity index (χ3n) is 1.98. The predicted molar refractivity (Wildman–Crippen MR) is 42.5 cm³/mol. The highest BCUT2D eigenvalue weighted by atomic mass is 32.1. The number of aryl methyl sites for hydroxylation is 2. The molecule has 0 N–H and O–H groups in total. The van der Waals surface area contributed by atoms with Crippen LogP contribution in [0.4, 0.5) is 0 Å². The highest BCUT2D eigenvalue weighted by Gasteiger charge is 2.16. The summed E-state index contributed by atoms with van der Waals surface area (Å²) in [6, 6.07) is 0.